The standard InChI is InChI=1S/C22H29N3O2S/c1-3-10-28-21-23-13-16(14-24-21)15-25-17-8-9-18(25)12-22(26,11-17)19-6-4-5-7-20(19)27-2/h4-7,13-14,17-18,26H,3,8-12,15H2,1-2H3/t17-,18-/m0/s1. The van der Waals surface area contributed by atoms with E-state index >= 15 is 0 Å². The fourth-order valence-corrected chi connectivity index (χ4v) is 5.37. The van der Waals surface area contributed by atoms with E-state index in [1.54, 1.807) is 18.9 Å². The number of hydrogen-bond donors (Lipinski definition) is 1. The molecule has 1 N–H and O–H groups in total. The van der Waals surface area contributed by atoms with Crippen LogP contribution in [0.4, 0.5) is 0 Å². The number of methoxy groups -OCH3 is 1. The average Bonchev–Trinajstić information content (AvgIpc) is 2.96. The fourth-order valence-electron chi connectivity index (χ4n) is 4.73. The number of thioether (sulfide) groups is 1. The number of nitrogens with zero attached hydrogens (tertiary/aromatic N) is 3. The molecule has 0 saturated carbocycles. The Kier molecular flexibility index (Phi) is 5.90. The van der Waals surface area contributed by atoms with Crippen molar-refractivity contribution < 1.29 is 9.84 Å². The lowest BCUT2D eigenvalue weighted by Crippen LogP contribution is -2.49. The predicted molar refractivity (Wildman–Crippen MR) is 112 cm³/mol. The Balaban J connectivity index is 1.47. The van der Waals surface area contributed by atoms with Crippen LogP contribution in [0.1, 0.15) is 50.2 Å². The second kappa shape index (κ2) is 8.39. The van der Waals surface area contributed by atoms with Gasteiger partial charge in [0.15, 0.2) is 5.16 Å². The predicted octanol–water partition coefficient (Wildman–Crippen LogP) is 4.00. The number of benzene rings is 1. The molecule has 6 heteroatoms. The molecule has 2 saturated heterocycles. The van der Waals surface area contributed by atoms with Gasteiger partial charge in [0.25, 0.3) is 0 Å². The lowest BCUT2D eigenvalue weighted by molar-refractivity contribution is -0.0607. The molecule has 1 aromatic carbocycles. The minimum Gasteiger partial charge on any atom is -0.496 e. The summed E-state index contributed by atoms with van der Waals surface area (Å²) in [4.78, 5) is 11.6. The number of para-hydroxylation sites is 1. The third-order valence-electron chi connectivity index (χ3n) is 6.01. The van der Waals surface area contributed by atoms with E-state index in [2.05, 4.69) is 21.8 Å². The van der Waals surface area contributed by atoms with E-state index in [1.807, 2.05) is 36.7 Å². The van der Waals surface area contributed by atoms with E-state index in [-0.39, 0.29) is 0 Å². The van der Waals surface area contributed by atoms with Crippen molar-refractivity contribution >= 4 is 11.8 Å². The molecule has 4 rings (SSSR count). The van der Waals surface area contributed by atoms with Crippen LogP contribution in [-0.4, -0.2) is 44.9 Å². The van der Waals surface area contributed by atoms with Crippen molar-refractivity contribution in [2.24, 2.45) is 0 Å². The normalized spacial score (nSPS) is 27.1. The number of rotatable bonds is 7. The van der Waals surface area contributed by atoms with Crippen molar-refractivity contribution in [1.82, 2.24) is 14.9 Å². The van der Waals surface area contributed by atoms with Crippen LogP contribution in [-0.2, 0) is 12.1 Å². The number of aromatic nitrogens is 2. The minimum absolute atomic E-state index is 0.378. The molecule has 5 nitrogen and oxygen atoms in total. The number of aliphatic hydroxyl groups is 1. The summed E-state index contributed by atoms with van der Waals surface area (Å²) in [5, 5.41) is 12.4. The van der Waals surface area contributed by atoms with Crippen LogP contribution >= 0.6 is 11.8 Å². The molecule has 2 aromatic rings. The molecule has 0 aliphatic carbocycles. The molecule has 28 heavy (non-hydrogen) atoms. The molecular formula is C22H29N3O2S. The average molecular weight is 400 g/mol. The van der Waals surface area contributed by atoms with Crippen LogP contribution in [0.2, 0.25) is 0 Å². The smallest absolute Gasteiger partial charge is 0.187 e. The van der Waals surface area contributed by atoms with E-state index in [0.717, 1.165) is 66.4 Å². The van der Waals surface area contributed by atoms with Crippen molar-refractivity contribution in [2.45, 2.75) is 68.4 Å². The number of fused-ring (bicyclic) bond motifs is 2. The molecule has 2 atom stereocenters. The zero-order chi connectivity index (χ0) is 19.6. The Labute approximate surface area is 171 Å². The van der Waals surface area contributed by atoms with E-state index in [9.17, 15) is 5.11 Å². The molecule has 0 unspecified atom stereocenters. The van der Waals surface area contributed by atoms with Gasteiger partial charge in [-0.05, 0) is 38.2 Å². The summed E-state index contributed by atoms with van der Waals surface area (Å²) < 4.78 is 5.52. The molecule has 2 bridgehead atoms. The first-order chi connectivity index (χ1) is 13.6. The SMILES string of the molecule is CCCSc1ncc(CN2[C@H]3CC[C@H]2CC(O)(c2ccccc2OC)C3)cn1. The monoisotopic (exact) mass is 399 g/mol. The van der Waals surface area contributed by atoms with Gasteiger partial charge in [0.05, 0.1) is 12.7 Å². The molecule has 150 valence electrons. The van der Waals surface area contributed by atoms with Gasteiger partial charge in [-0.1, -0.05) is 36.9 Å². The highest BCUT2D eigenvalue weighted by atomic mass is 32.2. The van der Waals surface area contributed by atoms with Gasteiger partial charge in [-0.15, -0.1) is 0 Å². The highest BCUT2D eigenvalue weighted by Gasteiger charge is 2.49. The fraction of sp³-hybridized carbons (Fsp3) is 0.545. The molecule has 0 radical (unpaired) electrons. The van der Waals surface area contributed by atoms with Crippen LogP contribution in [0, 0.1) is 0 Å². The third-order valence-corrected chi connectivity index (χ3v) is 7.09. The van der Waals surface area contributed by atoms with E-state index in [0.29, 0.717) is 12.1 Å². The maximum Gasteiger partial charge on any atom is 0.187 e. The van der Waals surface area contributed by atoms with Gasteiger partial charge in [-0.3, -0.25) is 4.90 Å². The van der Waals surface area contributed by atoms with Gasteiger partial charge in [0.2, 0.25) is 0 Å². The Morgan fingerprint density at radius 3 is 2.50 bits per heavy atom. The maximum atomic E-state index is 11.5. The summed E-state index contributed by atoms with van der Waals surface area (Å²) >= 11 is 1.71. The molecule has 1 aromatic heterocycles. The summed E-state index contributed by atoms with van der Waals surface area (Å²) in [5.41, 5.74) is 1.27. The quantitative estimate of drug-likeness (QED) is 0.561. The van der Waals surface area contributed by atoms with Crippen molar-refractivity contribution in [1.29, 1.82) is 0 Å². The molecule has 0 amide bonds. The van der Waals surface area contributed by atoms with E-state index in [1.165, 1.54) is 0 Å². The van der Waals surface area contributed by atoms with Gasteiger partial charge in [-0.2, -0.15) is 0 Å². The van der Waals surface area contributed by atoms with Gasteiger partial charge in [-0.25, -0.2) is 9.97 Å². The Morgan fingerprint density at radius 1 is 1.18 bits per heavy atom. The lowest BCUT2D eigenvalue weighted by atomic mass is 9.80. The first-order valence-electron chi connectivity index (χ1n) is 10.2. The van der Waals surface area contributed by atoms with E-state index in [4.69, 9.17) is 4.74 Å². The highest BCUT2D eigenvalue weighted by Crippen LogP contribution is 2.48. The second-order valence-corrected chi connectivity index (χ2v) is 8.98. The Hall–Kier alpha value is -1.63. The van der Waals surface area contributed by atoms with Crippen LogP contribution < -0.4 is 4.74 Å². The molecule has 2 aliphatic rings. The third kappa shape index (κ3) is 3.91. The largest absolute Gasteiger partial charge is 0.496 e. The first-order valence-corrected chi connectivity index (χ1v) is 11.2. The summed E-state index contributed by atoms with van der Waals surface area (Å²) in [6.45, 7) is 3.02. The van der Waals surface area contributed by atoms with E-state index < -0.39 is 5.60 Å². The molecular weight excluding hydrogens is 370 g/mol. The summed E-state index contributed by atoms with van der Waals surface area (Å²) in [6.07, 6.45) is 8.81. The number of ether oxygens (including phenoxy) is 1. The Bertz CT molecular complexity index is 785. The van der Waals surface area contributed by atoms with Crippen molar-refractivity contribution in [3.05, 3.63) is 47.8 Å². The molecule has 0 spiro atoms. The topological polar surface area (TPSA) is 58.5 Å². The lowest BCUT2D eigenvalue weighted by Gasteiger charge is -2.44. The van der Waals surface area contributed by atoms with Crippen LogP contribution in [0.5, 0.6) is 5.75 Å². The zero-order valence-corrected chi connectivity index (χ0v) is 17.5. The maximum absolute atomic E-state index is 11.5. The van der Waals surface area contributed by atoms with Gasteiger partial charge in [0.1, 0.15) is 5.75 Å². The van der Waals surface area contributed by atoms with Crippen molar-refractivity contribution in [3.8, 4) is 5.75 Å². The van der Waals surface area contributed by atoms with Crippen LogP contribution in [0.3, 0.4) is 0 Å². The molecule has 2 aliphatic heterocycles. The van der Waals surface area contributed by atoms with Crippen molar-refractivity contribution in [2.75, 3.05) is 12.9 Å². The summed E-state index contributed by atoms with van der Waals surface area (Å²) in [6, 6.07) is 8.65. The van der Waals surface area contributed by atoms with Crippen molar-refractivity contribution in [3.63, 3.8) is 0 Å². The molecule has 3 heterocycles. The zero-order valence-electron chi connectivity index (χ0n) is 16.7. The summed E-state index contributed by atoms with van der Waals surface area (Å²) in [5.74, 6) is 1.84. The van der Waals surface area contributed by atoms with Gasteiger partial charge >= 0.3 is 0 Å². The van der Waals surface area contributed by atoms with Crippen LogP contribution in [0.15, 0.2) is 41.8 Å². The van der Waals surface area contributed by atoms with Gasteiger partial charge < -0.3 is 9.84 Å². The first kappa shape index (κ1) is 19.7. The highest BCUT2D eigenvalue weighted by molar-refractivity contribution is 7.99. The van der Waals surface area contributed by atoms with Gasteiger partial charge in [0, 0.05) is 47.9 Å². The van der Waals surface area contributed by atoms with Crippen LogP contribution in [0.25, 0.3) is 0 Å². The number of piperidine rings is 1. The summed E-state index contributed by atoms with van der Waals surface area (Å²) in [7, 11) is 1.67. The Morgan fingerprint density at radius 2 is 1.86 bits per heavy atom. The minimum atomic E-state index is -0.813. The number of hydrogen-bond acceptors (Lipinski definition) is 6. The second-order valence-electron chi connectivity index (χ2n) is 7.92. The molecule has 2 fully saturated rings.